The third kappa shape index (κ3) is 4.21. The maximum atomic E-state index is 9.09. The summed E-state index contributed by atoms with van der Waals surface area (Å²) in [5, 5.41) is 12.3. The zero-order valence-electron chi connectivity index (χ0n) is 10.2. The van der Waals surface area contributed by atoms with Crippen LogP contribution >= 0.6 is 0 Å². The molecule has 1 aromatic rings. The van der Waals surface area contributed by atoms with Crippen molar-refractivity contribution in [1.82, 2.24) is 5.32 Å². The molecule has 2 N–H and O–H groups in total. The first-order chi connectivity index (χ1) is 7.63. The third-order valence-corrected chi connectivity index (χ3v) is 2.62. The molecule has 1 aromatic carbocycles. The molecule has 0 heterocycles. The Hall–Kier alpha value is -1.06. The molecule has 1 rings (SSSR count). The van der Waals surface area contributed by atoms with Gasteiger partial charge in [0.2, 0.25) is 0 Å². The van der Waals surface area contributed by atoms with Gasteiger partial charge in [-0.2, -0.15) is 0 Å². The van der Waals surface area contributed by atoms with Crippen LogP contribution in [0.2, 0.25) is 0 Å². The van der Waals surface area contributed by atoms with Crippen molar-refractivity contribution in [3.05, 3.63) is 29.8 Å². The molecule has 0 fully saturated rings. The molecule has 0 amide bonds. The highest BCUT2D eigenvalue weighted by molar-refractivity contribution is 5.28. The minimum Gasteiger partial charge on any atom is -0.493 e. The van der Waals surface area contributed by atoms with Gasteiger partial charge in [0.05, 0.1) is 12.7 Å². The number of nitrogens with one attached hydrogen (secondary N) is 1. The predicted molar refractivity (Wildman–Crippen MR) is 65.7 cm³/mol. The summed E-state index contributed by atoms with van der Waals surface area (Å²) in [4.78, 5) is 0. The summed E-state index contributed by atoms with van der Waals surface area (Å²) >= 11 is 0. The Morgan fingerprint density at radius 1 is 1.25 bits per heavy atom. The van der Waals surface area contributed by atoms with Crippen molar-refractivity contribution in [2.45, 2.75) is 32.4 Å². The largest absolute Gasteiger partial charge is 0.493 e. The quantitative estimate of drug-likeness (QED) is 0.776. The first-order valence-electron chi connectivity index (χ1n) is 5.71. The maximum absolute atomic E-state index is 9.09. The van der Waals surface area contributed by atoms with E-state index in [0.29, 0.717) is 19.1 Å². The van der Waals surface area contributed by atoms with Crippen molar-refractivity contribution in [2.24, 2.45) is 0 Å². The van der Waals surface area contributed by atoms with E-state index in [2.05, 4.69) is 24.4 Å². The van der Waals surface area contributed by atoms with E-state index < -0.39 is 0 Å². The summed E-state index contributed by atoms with van der Waals surface area (Å²) in [6.45, 7) is 4.43. The fourth-order valence-corrected chi connectivity index (χ4v) is 1.37. The van der Waals surface area contributed by atoms with Gasteiger partial charge in [0.1, 0.15) is 5.75 Å². The summed E-state index contributed by atoms with van der Waals surface area (Å²) in [6.07, 6.45) is 0.359. The maximum Gasteiger partial charge on any atom is 0.119 e. The Kier molecular flexibility index (Phi) is 5.29. The number of hydrogen-bond acceptors (Lipinski definition) is 3. The van der Waals surface area contributed by atoms with E-state index in [1.165, 1.54) is 5.56 Å². The van der Waals surface area contributed by atoms with E-state index in [-0.39, 0.29) is 6.10 Å². The second-order valence-corrected chi connectivity index (χ2v) is 4.07. The molecule has 0 aliphatic rings. The van der Waals surface area contributed by atoms with Gasteiger partial charge in [0.25, 0.3) is 0 Å². The third-order valence-electron chi connectivity index (χ3n) is 2.62. The first kappa shape index (κ1) is 13.0. The summed E-state index contributed by atoms with van der Waals surface area (Å²) in [6, 6.07) is 8.39. The van der Waals surface area contributed by atoms with E-state index in [1.54, 1.807) is 6.92 Å². The number of benzene rings is 1. The van der Waals surface area contributed by atoms with Gasteiger partial charge in [-0.3, -0.25) is 0 Å². The van der Waals surface area contributed by atoms with Crippen LogP contribution in [0.5, 0.6) is 5.75 Å². The van der Waals surface area contributed by atoms with Crippen LogP contribution in [0.25, 0.3) is 0 Å². The van der Waals surface area contributed by atoms with Gasteiger partial charge in [-0.1, -0.05) is 12.1 Å². The molecule has 16 heavy (non-hydrogen) atoms. The van der Waals surface area contributed by atoms with Gasteiger partial charge in [-0.05, 0) is 38.6 Å². The standard InChI is InChI=1S/C13H21NO2/c1-10(15)8-9-16-13-6-4-12(5-7-13)11(2)14-3/h4-7,10-11,14-15H,8-9H2,1-3H3. The van der Waals surface area contributed by atoms with Crippen molar-refractivity contribution in [1.29, 1.82) is 0 Å². The minimum absolute atomic E-state index is 0.302. The predicted octanol–water partition coefficient (Wildman–Crippen LogP) is 2.12. The smallest absolute Gasteiger partial charge is 0.119 e. The fraction of sp³-hybridized carbons (Fsp3) is 0.538. The van der Waals surface area contributed by atoms with Crippen LogP contribution in [0.1, 0.15) is 31.9 Å². The average Bonchev–Trinajstić information content (AvgIpc) is 2.28. The molecule has 0 radical (unpaired) electrons. The molecule has 3 nitrogen and oxygen atoms in total. The molecule has 0 spiro atoms. The number of rotatable bonds is 6. The van der Waals surface area contributed by atoms with Crippen LogP contribution in [-0.4, -0.2) is 24.9 Å². The lowest BCUT2D eigenvalue weighted by molar-refractivity contribution is 0.155. The van der Waals surface area contributed by atoms with Gasteiger partial charge in [0, 0.05) is 12.5 Å². The molecule has 2 atom stereocenters. The van der Waals surface area contributed by atoms with Crippen molar-refractivity contribution in [3.63, 3.8) is 0 Å². The zero-order valence-corrected chi connectivity index (χ0v) is 10.2. The normalized spacial score (nSPS) is 14.5. The molecule has 0 bridgehead atoms. The molecule has 2 unspecified atom stereocenters. The van der Waals surface area contributed by atoms with Crippen LogP contribution in [0.15, 0.2) is 24.3 Å². The molecule has 0 aliphatic carbocycles. The lowest BCUT2D eigenvalue weighted by Crippen LogP contribution is -2.12. The summed E-state index contributed by atoms with van der Waals surface area (Å²) in [5.41, 5.74) is 1.24. The Labute approximate surface area is 97.4 Å². The van der Waals surface area contributed by atoms with Crippen molar-refractivity contribution in [3.8, 4) is 5.75 Å². The SMILES string of the molecule is CNC(C)c1ccc(OCCC(C)O)cc1. The van der Waals surface area contributed by atoms with Gasteiger partial charge < -0.3 is 15.2 Å². The lowest BCUT2D eigenvalue weighted by atomic mass is 10.1. The molecule has 0 saturated heterocycles. The van der Waals surface area contributed by atoms with Crippen LogP contribution in [0, 0.1) is 0 Å². The Bertz CT molecular complexity index is 295. The van der Waals surface area contributed by atoms with Gasteiger partial charge in [0.15, 0.2) is 0 Å². The summed E-state index contributed by atoms with van der Waals surface area (Å²) < 4.78 is 5.50. The molecule has 90 valence electrons. The number of ether oxygens (including phenoxy) is 1. The van der Waals surface area contributed by atoms with Gasteiger partial charge in [-0.25, -0.2) is 0 Å². The molecule has 0 aliphatic heterocycles. The highest BCUT2D eigenvalue weighted by Crippen LogP contribution is 2.17. The monoisotopic (exact) mass is 223 g/mol. The lowest BCUT2D eigenvalue weighted by Gasteiger charge is -2.12. The van der Waals surface area contributed by atoms with Crippen molar-refractivity contribution < 1.29 is 9.84 Å². The zero-order chi connectivity index (χ0) is 12.0. The fourth-order valence-electron chi connectivity index (χ4n) is 1.37. The molecule has 3 heteroatoms. The summed E-state index contributed by atoms with van der Waals surface area (Å²) in [7, 11) is 1.94. The molecular formula is C13H21NO2. The van der Waals surface area contributed by atoms with Crippen molar-refractivity contribution in [2.75, 3.05) is 13.7 Å². The van der Waals surface area contributed by atoms with E-state index in [9.17, 15) is 0 Å². The molecule has 0 saturated carbocycles. The Morgan fingerprint density at radius 2 is 1.88 bits per heavy atom. The van der Waals surface area contributed by atoms with E-state index in [1.807, 2.05) is 19.2 Å². The molecular weight excluding hydrogens is 202 g/mol. The first-order valence-corrected chi connectivity index (χ1v) is 5.71. The second-order valence-electron chi connectivity index (χ2n) is 4.07. The van der Waals surface area contributed by atoms with Crippen LogP contribution in [0.4, 0.5) is 0 Å². The van der Waals surface area contributed by atoms with Crippen LogP contribution in [-0.2, 0) is 0 Å². The summed E-state index contributed by atoms with van der Waals surface area (Å²) in [5.74, 6) is 0.854. The topological polar surface area (TPSA) is 41.5 Å². The Balaban J connectivity index is 2.45. The molecule has 0 aromatic heterocycles. The second kappa shape index (κ2) is 6.51. The average molecular weight is 223 g/mol. The van der Waals surface area contributed by atoms with E-state index >= 15 is 0 Å². The van der Waals surface area contributed by atoms with E-state index in [0.717, 1.165) is 5.75 Å². The van der Waals surface area contributed by atoms with Gasteiger partial charge >= 0.3 is 0 Å². The minimum atomic E-state index is -0.302. The van der Waals surface area contributed by atoms with Crippen molar-refractivity contribution >= 4 is 0 Å². The van der Waals surface area contributed by atoms with Crippen LogP contribution < -0.4 is 10.1 Å². The van der Waals surface area contributed by atoms with Crippen LogP contribution in [0.3, 0.4) is 0 Å². The highest BCUT2D eigenvalue weighted by atomic mass is 16.5. The number of hydrogen-bond donors (Lipinski definition) is 2. The number of aliphatic hydroxyl groups excluding tert-OH is 1. The van der Waals surface area contributed by atoms with Gasteiger partial charge in [-0.15, -0.1) is 0 Å². The highest BCUT2D eigenvalue weighted by Gasteiger charge is 2.02. The number of aliphatic hydroxyl groups is 1. The Morgan fingerprint density at radius 3 is 2.38 bits per heavy atom. The van der Waals surface area contributed by atoms with E-state index in [4.69, 9.17) is 9.84 Å².